The van der Waals surface area contributed by atoms with Gasteiger partial charge < -0.3 is 9.72 Å². The maximum atomic E-state index is 12.1. The second-order valence-electron chi connectivity index (χ2n) is 3.71. The molecule has 0 aromatic carbocycles. The van der Waals surface area contributed by atoms with E-state index in [2.05, 4.69) is 4.98 Å². The summed E-state index contributed by atoms with van der Waals surface area (Å²) in [7, 11) is 1.55. The Hall–Kier alpha value is -1.62. The molecular formula is C12H13NO3S. The molecule has 0 fully saturated rings. The molecule has 0 atom stereocenters. The third-order valence-electron chi connectivity index (χ3n) is 2.57. The van der Waals surface area contributed by atoms with E-state index in [1.165, 1.54) is 17.5 Å². The molecule has 0 amide bonds. The first kappa shape index (κ1) is 11.9. The third-order valence-corrected chi connectivity index (χ3v) is 3.52. The summed E-state index contributed by atoms with van der Waals surface area (Å²) < 4.78 is 5.67. The smallest absolute Gasteiger partial charge is 0.210 e. The number of carbonyl (C=O) groups is 1. The maximum absolute atomic E-state index is 12.1. The molecule has 0 radical (unpaired) electrons. The molecule has 2 rings (SSSR count). The maximum Gasteiger partial charge on any atom is 0.210 e. The van der Waals surface area contributed by atoms with Crippen LogP contribution in [0.4, 0.5) is 0 Å². The Morgan fingerprint density at radius 1 is 1.53 bits per heavy atom. The van der Waals surface area contributed by atoms with Crippen molar-refractivity contribution in [1.82, 2.24) is 4.98 Å². The monoisotopic (exact) mass is 251 g/mol. The van der Waals surface area contributed by atoms with Crippen molar-refractivity contribution in [1.29, 1.82) is 0 Å². The largest absolute Gasteiger partial charge is 0.494 e. The molecule has 0 aliphatic heterocycles. The first-order valence-corrected chi connectivity index (χ1v) is 6.27. The summed E-state index contributed by atoms with van der Waals surface area (Å²) in [5.41, 5.74) is 0.699. The Kier molecular flexibility index (Phi) is 3.28. The summed E-state index contributed by atoms with van der Waals surface area (Å²) in [6.07, 6.45) is 2.62. The lowest BCUT2D eigenvalue weighted by molar-refractivity contribution is 0.0980. The third kappa shape index (κ3) is 1.98. The van der Waals surface area contributed by atoms with E-state index < -0.39 is 0 Å². The highest BCUT2D eigenvalue weighted by Gasteiger charge is 2.15. The molecule has 17 heavy (non-hydrogen) atoms. The van der Waals surface area contributed by atoms with Crippen molar-refractivity contribution in [2.75, 3.05) is 7.11 Å². The highest BCUT2D eigenvalue weighted by atomic mass is 32.1. The molecule has 0 spiro atoms. The molecule has 0 saturated carbocycles. The molecule has 0 bridgehead atoms. The lowest BCUT2D eigenvalue weighted by Gasteiger charge is -2.00. The van der Waals surface area contributed by atoms with Gasteiger partial charge in [0.25, 0.3) is 0 Å². The highest BCUT2D eigenvalue weighted by molar-refractivity contribution is 7.17. The normalized spacial score (nSPS) is 10.7. The number of methoxy groups -OCH3 is 1. The molecule has 2 aromatic rings. The first-order valence-electron chi connectivity index (χ1n) is 5.39. The van der Waals surface area contributed by atoms with Gasteiger partial charge in [0.2, 0.25) is 5.43 Å². The van der Waals surface area contributed by atoms with Gasteiger partial charge >= 0.3 is 0 Å². The van der Waals surface area contributed by atoms with Gasteiger partial charge in [-0.05, 0) is 6.42 Å². The van der Waals surface area contributed by atoms with Crippen LogP contribution in [0.15, 0.2) is 16.4 Å². The van der Waals surface area contributed by atoms with E-state index in [1.807, 2.05) is 6.92 Å². The van der Waals surface area contributed by atoms with Gasteiger partial charge in [-0.1, -0.05) is 6.92 Å². The lowest BCUT2D eigenvalue weighted by atomic mass is 10.1. The summed E-state index contributed by atoms with van der Waals surface area (Å²) in [4.78, 5) is 26.8. The summed E-state index contributed by atoms with van der Waals surface area (Å²) >= 11 is 1.29. The van der Waals surface area contributed by atoms with Gasteiger partial charge in [-0.3, -0.25) is 9.59 Å². The number of pyridine rings is 1. The molecule has 90 valence electrons. The number of H-pyrrole nitrogens is 1. The van der Waals surface area contributed by atoms with Crippen LogP contribution in [-0.2, 0) is 0 Å². The first-order chi connectivity index (χ1) is 8.19. The number of rotatable bonds is 4. The van der Waals surface area contributed by atoms with Gasteiger partial charge in [-0.25, -0.2) is 0 Å². The van der Waals surface area contributed by atoms with E-state index in [0.717, 1.165) is 6.42 Å². The predicted octanol–water partition coefficient (Wildman–Crippen LogP) is 2.58. The molecule has 1 N–H and O–H groups in total. The zero-order chi connectivity index (χ0) is 12.4. The van der Waals surface area contributed by atoms with Gasteiger partial charge in [-0.2, -0.15) is 0 Å². The van der Waals surface area contributed by atoms with Crippen molar-refractivity contribution in [2.45, 2.75) is 19.8 Å². The number of aromatic amines is 1. The van der Waals surface area contributed by atoms with Gasteiger partial charge in [-0.15, -0.1) is 11.3 Å². The van der Waals surface area contributed by atoms with Crippen molar-refractivity contribution in [3.8, 4) is 5.75 Å². The Labute approximate surface area is 102 Å². The van der Waals surface area contributed by atoms with Crippen LogP contribution in [0.25, 0.3) is 10.2 Å². The summed E-state index contributed by atoms with van der Waals surface area (Å²) in [5, 5.41) is 1.76. The molecule has 0 unspecified atom stereocenters. The number of Topliss-reactive ketones (excluding diaryl/α,β-unsaturated/α-hetero) is 1. The Morgan fingerprint density at radius 2 is 2.29 bits per heavy atom. The SMILES string of the molecule is CCCC(=O)c1c[nH]c2c(OC)csc2c1=O. The number of hydrogen-bond acceptors (Lipinski definition) is 4. The molecule has 2 aromatic heterocycles. The number of fused-ring (bicyclic) bond motifs is 1. The van der Waals surface area contributed by atoms with Crippen LogP contribution in [0.3, 0.4) is 0 Å². The van der Waals surface area contributed by atoms with Crippen LogP contribution >= 0.6 is 11.3 Å². The van der Waals surface area contributed by atoms with Crippen LogP contribution in [0, 0.1) is 0 Å². The van der Waals surface area contributed by atoms with E-state index in [1.54, 1.807) is 12.5 Å². The fourth-order valence-electron chi connectivity index (χ4n) is 1.70. The second kappa shape index (κ2) is 4.71. The van der Waals surface area contributed by atoms with E-state index >= 15 is 0 Å². The number of nitrogens with one attached hydrogen (secondary N) is 1. The molecule has 4 nitrogen and oxygen atoms in total. The van der Waals surface area contributed by atoms with Gasteiger partial charge in [0.1, 0.15) is 10.2 Å². The molecular weight excluding hydrogens is 238 g/mol. The van der Waals surface area contributed by atoms with Crippen molar-refractivity contribution < 1.29 is 9.53 Å². The minimum absolute atomic E-state index is 0.108. The average Bonchev–Trinajstić information content (AvgIpc) is 2.73. The minimum atomic E-state index is -0.203. The van der Waals surface area contributed by atoms with E-state index in [4.69, 9.17) is 4.74 Å². The van der Waals surface area contributed by atoms with E-state index in [-0.39, 0.29) is 16.8 Å². The van der Waals surface area contributed by atoms with Crippen LogP contribution < -0.4 is 10.2 Å². The summed E-state index contributed by atoms with van der Waals surface area (Å²) in [6.45, 7) is 1.92. The fourth-order valence-corrected chi connectivity index (χ4v) is 2.63. The molecule has 0 saturated heterocycles. The zero-order valence-corrected chi connectivity index (χ0v) is 10.5. The fraction of sp³-hybridized carbons (Fsp3) is 0.333. The topological polar surface area (TPSA) is 59.2 Å². The summed E-state index contributed by atoms with van der Waals surface area (Å²) in [6, 6.07) is 0. The average molecular weight is 251 g/mol. The second-order valence-corrected chi connectivity index (χ2v) is 4.59. The van der Waals surface area contributed by atoms with Crippen LogP contribution in [0.1, 0.15) is 30.1 Å². The number of thiophene rings is 1. The number of hydrogen-bond donors (Lipinski definition) is 1. The molecule has 0 aliphatic rings. The Bertz CT molecular complexity index is 612. The van der Waals surface area contributed by atoms with E-state index in [0.29, 0.717) is 22.4 Å². The number of ether oxygens (including phenoxy) is 1. The van der Waals surface area contributed by atoms with Crippen molar-refractivity contribution in [2.24, 2.45) is 0 Å². The van der Waals surface area contributed by atoms with Crippen molar-refractivity contribution in [3.63, 3.8) is 0 Å². The van der Waals surface area contributed by atoms with Gasteiger partial charge in [0.15, 0.2) is 11.5 Å². The molecule has 0 aliphatic carbocycles. The molecule has 2 heterocycles. The van der Waals surface area contributed by atoms with Crippen LogP contribution in [-0.4, -0.2) is 17.9 Å². The molecule has 5 heteroatoms. The standard InChI is InChI=1S/C12H13NO3S/c1-3-4-8(14)7-5-13-10-9(16-2)6-17-12(10)11(7)15/h5-6H,3-4H2,1-2H3,(H,13,15). The van der Waals surface area contributed by atoms with E-state index in [9.17, 15) is 9.59 Å². The number of aromatic nitrogens is 1. The van der Waals surface area contributed by atoms with Gasteiger partial charge in [0.05, 0.1) is 12.7 Å². The summed E-state index contributed by atoms with van der Waals surface area (Å²) in [5.74, 6) is 0.527. The Morgan fingerprint density at radius 3 is 2.94 bits per heavy atom. The predicted molar refractivity (Wildman–Crippen MR) is 68.2 cm³/mol. The van der Waals surface area contributed by atoms with Crippen LogP contribution in [0.5, 0.6) is 5.75 Å². The van der Waals surface area contributed by atoms with Crippen molar-refractivity contribution >= 4 is 27.3 Å². The highest BCUT2D eigenvalue weighted by Crippen LogP contribution is 2.27. The number of carbonyl (C=O) groups excluding carboxylic acids is 1. The lowest BCUT2D eigenvalue weighted by Crippen LogP contribution is -2.14. The van der Waals surface area contributed by atoms with Gasteiger partial charge in [0, 0.05) is 18.0 Å². The Balaban J connectivity index is 2.59. The quantitative estimate of drug-likeness (QED) is 0.850. The minimum Gasteiger partial charge on any atom is -0.494 e. The zero-order valence-electron chi connectivity index (χ0n) is 9.70. The number of ketones is 1. The van der Waals surface area contributed by atoms with Crippen molar-refractivity contribution in [3.05, 3.63) is 27.4 Å². The van der Waals surface area contributed by atoms with Crippen LogP contribution in [0.2, 0.25) is 0 Å².